The maximum absolute atomic E-state index is 13.0. The minimum absolute atomic E-state index is 0.343. The average Bonchev–Trinajstić information content (AvgIpc) is 3.36. The molecule has 4 aromatic rings. The van der Waals surface area contributed by atoms with Crippen LogP contribution in [0, 0.1) is 0 Å². The molecule has 0 aliphatic heterocycles. The van der Waals surface area contributed by atoms with E-state index in [-0.39, 0.29) is 5.91 Å². The number of rotatable bonds is 7. The lowest BCUT2D eigenvalue weighted by atomic mass is 10.1. The summed E-state index contributed by atoms with van der Waals surface area (Å²) in [7, 11) is 1.57. The second-order valence-electron chi connectivity index (χ2n) is 6.54. The SMILES string of the molecule is COc1ccc(Cl)cc1-c1nn(CCCN)cc1NC(=O)c1cnn2cccnc12. The number of amides is 1. The first-order valence-corrected chi connectivity index (χ1v) is 9.69. The van der Waals surface area contributed by atoms with Crippen LogP contribution in [0.2, 0.25) is 5.02 Å². The summed E-state index contributed by atoms with van der Waals surface area (Å²) < 4.78 is 8.76. The number of fused-ring (bicyclic) bond motifs is 1. The zero-order valence-corrected chi connectivity index (χ0v) is 17.0. The number of hydrogen-bond acceptors (Lipinski definition) is 6. The lowest BCUT2D eigenvalue weighted by molar-refractivity contribution is 0.102. The molecule has 3 N–H and O–H groups in total. The molecule has 1 aromatic carbocycles. The molecule has 0 radical (unpaired) electrons. The first kappa shape index (κ1) is 19.9. The van der Waals surface area contributed by atoms with E-state index in [9.17, 15) is 4.79 Å². The monoisotopic (exact) mass is 425 g/mol. The lowest BCUT2D eigenvalue weighted by Gasteiger charge is -2.09. The molecule has 0 atom stereocenters. The number of aromatic nitrogens is 5. The quantitative estimate of drug-likeness (QED) is 0.470. The Morgan fingerprint density at radius 2 is 2.23 bits per heavy atom. The Morgan fingerprint density at radius 3 is 3.03 bits per heavy atom. The maximum Gasteiger partial charge on any atom is 0.261 e. The highest BCUT2D eigenvalue weighted by Gasteiger charge is 2.20. The normalized spacial score (nSPS) is 11.0. The molecule has 0 unspecified atom stereocenters. The molecule has 0 aliphatic rings. The van der Waals surface area contributed by atoms with Gasteiger partial charge in [0.1, 0.15) is 17.0 Å². The van der Waals surface area contributed by atoms with Crippen LogP contribution in [0.5, 0.6) is 5.75 Å². The fourth-order valence-electron chi connectivity index (χ4n) is 3.12. The first-order chi connectivity index (χ1) is 14.6. The number of aryl methyl sites for hydroxylation is 1. The molecule has 30 heavy (non-hydrogen) atoms. The van der Waals surface area contributed by atoms with Crippen molar-refractivity contribution in [2.24, 2.45) is 5.73 Å². The number of benzene rings is 1. The molecule has 0 fully saturated rings. The van der Waals surface area contributed by atoms with E-state index >= 15 is 0 Å². The van der Waals surface area contributed by atoms with Crippen molar-refractivity contribution in [1.82, 2.24) is 24.4 Å². The summed E-state index contributed by atoms with van der Waals surface area (Å²) >= 11 is 6.21. The standard InChI is InChI=1S/C20H20ClN7O2/c1-30-17-5-4-13(21)10-14(17)18-16(12-27(26-18)8-2-6-22)25-20(29)15-11-24-28-9-3-7-23-19(15)28/h3-5,7,9-12H,2,6,8,22H2,1H3,(H,25,29). The molecule has 3 heterocycles. The van der Waals surface area contributed by atoms with E-state index in [4.69, 9.17) is 22.1 Å². The zero-order chi connectivity index (χ0) is 21.1. The predicted octanol–water partition coefficient (Wildman–Crippen LogP) is 2.86. The van der Waals surface area contributed by atoms with Gasteiger partial charge in [-0.3, -0.25) is 9.48 Å². The Hall–Kier alpha value is -3.43. The van der Waals surface area contributed by atoms with Gasteiger partial charge in [0.25, 0.3) is 5.91 Å². The second-order valence-corrected chi connectivity index (χ2v) is 6.98. The Morgan fingerprint density at radius 1 is 1.37 bits per heavy atom. The van der Waals surface area contributed by atoms with Crippen LogP contribution in [-0.2, 0) is 6.54 Å². The summed E-state index contributed by atoms with van der Waals surface area (Å²) in [5.74, 6) is 0.251. The minimum Gasteiger partial charge on any atom is -0.496 e. The number of carbonyl (C=O) groups excluding carboxylic acids is 1. The fraction of sp³-hybridized carbons (Fsp3) is 0.200. The van der Waals surface area contributed by atoms with Gasteiger partial charge in [-0.15, -0.1) is 0 Å². The smallest absolute Gasteiger partial charge is 0.261 e. The number of nitrogens with zero attached hydrogens (tertiary/aromatic N) is 5. The van der Waals surface area contributed by atoms with Gasteiger partial charge in [0.05, 0.1) is 19.0 Å². The third-order valence-corrected chi connectivity index (χ3v) is 4.78. The van der Waals surface area contributed by atoms with E-state index in [2.05, 4.69) is 20.5 Å². The molecule has 4 rings (SSSR count). The third-order valence-electron chi connectivity index (χ3n) is 4.54. The van der Waals surface area contributed by atoms with Crippen molar-refractivity contribution in [2.75, 3.05) is 19.0 Å². The molecule has 9 nitrogen and oxygen atoms in total. The predicted molar refractivity (Wildman–Crippen MR) is 114 cm³/mol. The van der Waals surface area contributed by atoms with E-state index in [1.54, 1.807) is 59.2 Å². The van der Waals surface area contributed by atoms with E-state index in [1.807, 2.05) is 0 Å². The first-order valence-electron chi connectivity index (χ1n) is 9.32. The zero-order valence-electron chi connectivity index (χ0n) is 16.2. The van der Waals surface area contributed by atoms with Gasteiger partial charge >= 0.3 is 0 Å². The van der Waals surface area contributed by atoms with Gasteiger partial charge in [0, 0.05) is 35.7 Å². The molecule has 0 bridgehead atoms. The van der Waals surface area contributed by atoms with E-state index in [1.165, 1.54) is 6.20 Å². The van der Waals surface area contributed by atoms with Crippen LogP contribution < -0.4 is 15.8 Å². The van der Waals surface area contributed by atoms with Crippen molar-refractivity contribution in [3.05, 3.63) is 59.6 Å². The van der Waals surface area contributed by atoms with Gasteiger partial charge in [-0.2, -0.15) is 10.2 Å². The number of carbonyl (C=O) groups is 1. The summed E-state index contributed by atoms with van der Waals surface area (Å²) in [5.41, 5.74) is 8.19. The fourth-order valence-corrected chi connectivity index (χ4v) is 3.29. The number of hydrogen-bond donors (Lipinski definition) is 2. The van der Waals surface area contributed by atoms with Crippen LogP contribution in [0.25, 0.3) is 16.9 Å². The molecule has 0 saturated heterocycles. The topological polar surface area (TPSA) is 112 Å². The Bertz CT molecular complexity index is 1200. The van der Waals surface area contributed by atoms with E-state index in [0.717, 1.165) is 6.42 Å². The Kier molecular flexibility index (Phi) is 5.64. The molecule has 1 amide bonds. The molecule has 0 spiro atoms. The summed E-state index contributed by atoms with van der Waals surface area (Å²) in [4.78, 5) is 17.2. The maximum atomic E-state index is 13.0. The summed E-state index contributed by atoms with van der Waals surface area (Å²) in [5, 5.41) is 12.3. The van der Waals surface area contributed by atoms with Crippen LogP contribution in [0.3, 0.4) is 0 Å². The van der Waals surface area contributed by atoms with E-state index in [0.29, 0.717) is 52.0 Å². The molecule has 0 aliphatic carbocycles. The lowest BCUT2D eigenvalue weighted by Crippen LogP contribution is -2.12. The van der Waals surface area contributed by atoms with E-state index < -0.39 is 0 Å². The summed E-state index contributed by atoms with van der Waals surface area (Å²) in [6.45, 7) is 1.14. The third kappa shape index (κ3) is 3.85. The second kappa shape index (κ2) is 8.52. The molecule has 0 saturated carbocycles. The Balaban J connectivity index is 1.74. The average molecular weight is 426 g/mol. The van der Waals surface area contributed by atoms with Crippen molar-refractivity contribution in [3.63, 3.8) is 0 Å². The van der Waals surface area contributed by atoms with Gasteiger partial charge in [0.15, 0.2) is 5.65 Å². The molecule has 10 heteroatoms. The van der Waals surface area contributed by atoms with Crippen LogP contribution in [0.4, 0.5) is 5.69 Å². The van der Waals surface area contributed by atoms with Gasteiger partial charge < -0.3 is 15.8 Å². The van der Waals surface area contributed by atoms with Gasteiger partial charge in [0.2, 0.25) is 0 Å². The summed E-state index contributed by atoms with van der Waals surface area (Å²) in [6.07, 6.45) is 7.34. The van der Waals surface area contributed by atoms with Crippen molar-refractivity contribution in [3.8, 4) is 17.0 Å². The van der Waals surface area contributed by atoms with Crippen molar-refractivity contribution < 1.29 is 9.53 Å². The van der Waals surface area contributed by atoms with Crippen molar-refractivity contribution >= 4 is 28.8 Å². The minimum atomic E-state index is -0.343. The number of methoxy groups -OCH3 is 1. The number of nitrogens with two attached hydrogens (primary N) is 1. The van der Waals surface area contributed by atoms with Crippen molar-refractivity contribution in [2.45, 2.75) is 13.0 Å². The molecule has 154 valence electrons. The van der Waals surface area contributed by atoms with Crippen LogP contribution in [-0.4, -0.2) is 43.9 Å². The van der Waals surface area contributed by atoms with Crippen LogP contribution in [0.15, 0.2) is 49.1 Å². The highest BCUT2D eigenvalue weighted by atomic mass is 35.5. The number of nitrogens with one attached hydrogen (secondary N) is 1. The highest BCUT2D eigenvalue weighted by Crippen LogP contribution is 2.36. The van der Waals surface area contributed by atoms with Crippen molar-refractivity contribution in [1.29, 1.82) is 0 Å². The Labute approximate surface area is 177 Å². The van der Waals surface area contributed by atoms with Crippen LogP contribution in [0.1, 0.15) is 16.8 Å². The number of halogens is 1. The van der Waals surface area contributed by atoms with Gasteiger partial charge in [-0.25, -0.2) is 9.50 Å². The molecular weight excluding hydrogens is 406 g/mol. The van der Waals surface area contributed by atoms with Crippen LogP contribution >= 0.6 is 11.6 Å². The van der Waals surface area contributed by atoms with Gasteiger partial charge in [-0.05, 0) is 37.2 Å². The summed E-state index contributed by atoms with van der Waals surface area (Å²) in [6, 6.07) is 6.99. The highest BCUT2D eigenvalue weighted by molar-refractivity contribution is 6.31. The largest absolute Gasteiger partial charge is 0.496 e. The molecule has 3 aromatic heterocycles. The number of anilines is 1. The van der Waals surface area contributed by atoms with Gasteiger partial charge in [-0.1, -0.05) is 11.6 Å². The number of ether oxygens (including phenoxy) is 1. The molecular formula is C20H20ClN7O2.